The van der Waals surface area contributed by atoms with E-state index in [4.69, 9.17) is 13.9 Å². The summed E-state index contributed by atoms with van der Waals surface area (Å²) < 4.78 is 17.5. The second kappa shape index (κ2) is 11.8. The Morgan fingerprint density at radius 1 is 0.903 bits per heavy atom. The molecule has 1 aliphatic rings. The molecule has 31 heavy (non-hydrogen) atoms. The molecule has 0 bridgehead atoms. The average Bonchev–Trinajstić information content (AvgIpc) is 3.50. The summed E-state index contributed by atoms with van der Waals surface area (Å²) in [5.74, 6) is 4.95. The predicted octanol–water partition coefficient (Wildman–Crippen LogP) is 5.52. The summed E-state index contributed by atoms with van der Waals surface area (Å²) in [6.07, 6.45) is 5.55. The van der Waals surface area contributed by atoms with Crippen molar-refractivity contribution in [2.75, 3.05) is 38.6 Å². The molecule has 2 aromatic carbocycles. The lowest BCUT2D eigenvalue weighted by atomic mass is 10.2. The van der Waals surface area contributed by atoms with Gasteiger partial charge in [-0.05, 0) is 68.8 Å². The molecule has 0 amide bonds. The van der Waals surface area contributed by atoms with Crippen molar-refractivity contribution in [1.82, 2.24) is 9.88 Å². The van der Waals surface area contributed by atoms with Crippen LogP contribution in [0.2, 0.25) is 0 Å². The van der Waals surface area contributed by atoms with E-state index in [-0.39, 0.29) is 0 Å². The van der Waals surface area contributed by atoms with Crippen LogP contribution in [0.3, 0.4) is 0 Å². The van der Waals surface area contributed by atoms with E-state index in [9.17, 15) is 0 Å². The zero-order valence-electron chi connectivity index (χ0n) is 17.9. The molecule has 0 N–H and O–H groups in total. The van der Waals surface area contributed by atoms with Gasteiger partial charge < -0.3 is 18.8 Å². The van der Waals surface area contributed by atoms with Gasteiger partial charge in [0.05, 0.1) is 25.2 Å². The molecule has 1 aliphatic heterocycles. The fourth-order valence-corrected chi connectivity index (χ4v) is 4.26. The Hall–Kier alpha value is -2.44. The molecule has 0 unspecified atom stereocenters. The number of nitrogens with zero attached hydrogens (tertiary/aromatic N) is 2. The van der Waals surface area contributed by atoms with Crippen molar-refractivity contribution in [2.45, 2.75) is 25.0 Å². The maximum absolute atomic E-state index is 5.91. The van der Waals surface area contributed by atoms with Gasteiger partial charge in [-0.25, -0.2) is 4.98 Å². The number of rotatable bonds is 12. The van der Waals surface area contributed by atoms with Crippen LogP contribution in [-0.4, -0.2) is 48.5 Å². The zero-order chi connectivity index (χ0) is 21.1. The first-order valence-electron chi connectivity index (χ1n) is 11.0. The number of ether oxygens (including phenoxy) is 2. The molecule has 6 heteroatoms. The van der Waals surface area contributed by atoms with Gasteiger partial charge in [0.25, 0.3) is 0 Å². The minimum atomic E-state index is 0.668. The molecule has 2 heterocycles. The molecule has 0 radical (unpaired) electrons. The maximum Gasteiger partial charge on any atom is 0.204 e. The van der Waals surface area contributed by atoms with E-state index in [1.165, 1.54) is 25.9 Å². The van der Waals surface area contributed by atoms with Crippen molar-refractivity contribution >= 4 is 11.8 Å². The zero-order valence-corrected chi connectivity index (χ0v) is 18.7. The van der Waals surface area contributed by atoms with Crippen LogP contribution in [0.15, 0.2) is 65.2 Å². The molecule has 0 atom stereocenters. The molecule has 1 saturated heterocycles. The highest BCUT2D eigenvalue weighted by atomic mass is 32.2. The summed E-state index contributed by atoms with van der Waals surface area (Å²) in [6, 6.07) is 17.9. The molecule has 0 saturated carbocycles. The topological polar surface area (TPSA) is 47.7 Å². The van der Waals surface area contributed by atoms with E-state index in [0.717, 1.165) is 59.8 Å². The van der Waals surface area contributed by atoms with Crippen LogP contribution in [-0.2, 0) is 5.75 Å². The molecule has 4 rings (SSSR count). The molecular formula is C25H30N2O3S. The molecule has 0 aliphatic carbocycles. The Bertz CT molecular complexity index is 893. The SMILES string of the molecule is c1ccc(OCCSCc2ncc(-c3ccc(OCCCN4CCCC4)cc3)o2)cc1. The summed E-state index contributed by atoms with van der Waals surface area (Å²) in [5.41, 5.74) is 1.01. The largest absolute Gasteiger partial charge is 0.494 e. The fourth-order valence-electron chi connectivity index (χ4n) is 3.60. The van der Waals surface area contributed by atoms with Crippen molar-refractivity contribution in [3.63, 3.8) is 0 Å². The average molecular weight is 439 g/mol. The number of likely N-dealkylation sites (tertiary alicyclic amines) is 1. The lowest BCUT2D eigenvalue weighted by Crippen LogP contribution is -2.21. The van der Waals surface area contributed by atoms with Crippen LogP contribution in [0, 0.1) is 0 Å². The van der Waals surface area contributed by atoms with E-state index in [1.807, 2.05) is 54.6 Å². The fraction of sp³-hybridized carbons (Fsp3) is 0.400. The number of aromatic nitrogens is 1. The third-order valence-corrected chi connectivity index (χ3v) is 6.15. The van der Waals surface area contributed by atoms with Crippen LogP contribution < -0.4 is 9.47 Å². The normalized spacial score (nSPS) is 14.1. The molecular weight excluding hydrogens is 408 g/mol. The second-order valence-electron chi connectivity index (χ2n) is 7.61. The Balaban J connectivity index is 1.15. The van der Waals surface area contributed by atoms with Crippen LogP contribution in [0.5, 0.6) is 11.5 Å². The van der Waals surface area contributed by atoms with Crippen LogP contribution in [0.1, 0.15) is 25.2 Å². The number of oxazole rings is 1. The highest BCUT2D eigenvalue weighted by Crippen LogP contribution is 2.25. The van der Waals surface area contributed by atoms with E-state index >= 15 is 0 Å². The van der Waals surface area contributed by atoms with Gasteiger partial charge >= 0.3 is 0 Å². The van der Waals surface area contributed by atoms with Crippen molar-refractivity contribution in [1.29, 1.82) is 0 Å². The van der Waals surface area contributed by atoms with Crippen LogP contribution >= 0.6 is 11.8 Å². The number of hydrogen-bond acceptors (Lipinski definition) is 6. The number of benzene rings is 2. The second-order valence-corrected chi connectivity index (χ2v) is 8.71. The highest BCUT2D eigenvalue weighted by molar-refractivity contribution is 7.98. The standard InChI is InChI=1S/C25H30N2O3S/c1-2-7-22(8-3-1)29-17-18-31-20-25-26-19-24(30-25)21-9-11-23(12-10-21)28-16-6-15-27-13-4-5-14-27/h1-3,7-12,19H,4-6,13-18,20H2. The lowest BCUT2D eigenvalue weighted by molar-refractivity contribution is 0.263. The first-order chi connectivity index (χ1) is 15.4. The molecule has 164 valence electrons. The Morgan fingerprint density at radius 3 is 2.45 bits per heavy atom. The number of thioether (sulfide) groups is 1. The van der Waals surface area contributed by atoms with Crippen molar-refractivity contribution in [3.05, 3.63) is 66.7 Å². The van der Waals surface area contributed by atoms with Gasteiger partial charge in [-0.15, -0.1) is 11.8 Å². The Labute approximate surface area is 188 Å². The molecule has 1 aromatic heterocycles. The van der Waals surface area contributed by atoms with Crippen LogP contribution in [0.25, 0.3) is 11.3 Å². The lowest BCUT2D eigenvalue weighted by Gasteiger charge is -2.14. The van der Waals surface area contributed by atoms with Gasteiger partial charge in [0.1, 0.15) is 11.5 Å². The van der Waals surface area contributed by atoms with E-state index in [1.54, 1.807) is 18.0 Å². The van der Waals surface area contributed by atoms with Gasteiger partial charge in [0.2, 0.25) is 5.89 Å². The number of para-hydroxylation sites is 1. The quantitative estimate of drug-likeness (QED) is 0.347. The minimum absolute atomic E-state index is 0.668. The summed E-state index contributed by atoms with van der Waals surface area (Å²) in [6.45, 7) is 5.05. The highest BCUT2D eigenvalue weighted by Gasteiger charge is 2.10. The maximum atomic E-state index is 5.91. The summed E-state index contributed by atoms with van der Waals surface area (Å²) >= 11 is 1.75. The minimum Gasteiger partial charge on any atom is -0.494 e. The van der Waals surface area contributed by atoms with Gasteiger partial charge in [-0.1, -0.05) is 18.2 Å². The van der Waals surface area contributed by atoms with E-state index in [2.05, 4.69) is 9.88 Å². The monoisotopic (exact) mass is 438 g/mol. The predicted molar refractivity (Wildman–Crippen MR) is 126 cm³/mol. The van der Waals surface area contributed by atoms with Crippen molar-refractivity contribution in [3.8, 4) is 22.8 Å². The van der Waals surface area contributed by atoms with Crippen LogP contribution in [0.4, 0.5) is 0 Å². The van der Waals surface area contributed by atoms with Gasteiger partial charge in [-0.3, -0.25) is 0 Å². The van der Waals surface area contributed by atoms with Gasteiger partial charge in [0.15, 0.2) is 5.76 Å². The molecule has 5 nitrogen and oxygen atoms in total. The Kier molecular flexibility index (Phi) is 8.30. The van der Waals surface area contributed by atoms with Gasteiger partial charge in [0, 0.05) is 17.9 Å². The third-order valence-electron chi connectivity index (χ3n) is 5.24. The smallest absolute Gasteiger partial charge is 0.204 e. The third kappa shape index (κ3) is 7.04. The molecule has 0 spiro atoms. The van der Waals surface area contributed by atoms with E-state index < -0.39 is 0 Å². The van der Waals surface area contributed by atoms with Gasteiger partial charge in [-0.2, -0.15) is 0 Å². The molecule has 3 aromatic rings. The Morgan fingerprint density at radius 2 is 1.65 bits per heavy atom. The number of hydrogen-bond donors (Lipinski definition) is 0. The van der Waals surface area contributed by atoms with E-state index in [0.29, 0.717) is 6.61 Å². The van der Waals surface area contributed by atoms with Crippen molar-refractivity contribution in [2.24, 2.45) is 0 Å². The summed E-state index contributed by atoms with van der Waals surface area (Å²) in [5, 5.41) is 0. The molecule has 1 fully saturated rings. The summed E-state index contributed by atoms with van der Waals surface area (Å²) in [4.78, 5) is 6.92. The summed E-state index contributed by atoms with van der Waals surface area (Å²) in [7, 11) is 0. The first-order valence-corrected chi connectivity index (χ1v) is 12.2. The first kappa shape index (κ1) is 21.8. The van der Waals surface area contributed by atoms with Crippen molar-refractivity contribution < 1.29 is 13.9 Å².